The van der Waals surface area contributed by atoms with Crippen molar-refractivity contribution >= 4 is 51.6 Å². The van der Waals surface area contributed by atoms with Crippen molar-refractivity contribution in [1.29, 1.82) is 0 Å². The monoisotopic (exact) mass is 473 g/mol. The van der Waals surface area contributed by atoms with Crippen LogP contribution in [0, 0.1) is 11.7 Å². The Balaban J connectivity index is 1.65. The molecule has 0 aliphatic heterocycles. The molecule has 0 saturated heterocycles. The summed E-state index contributed by atoms with van der Waals surface area (Å²) in [5.74, 6) is -0.167. The number of rotatable bonds is 7. The fourth-order valence-electron chi connectivity index (χ4n) is 3.32. The van der Waals surface area contributed by atoms with E-state index in [1.54, 1.807) is 15.0 Å². The van der Waals surface area contributed by atoms with Crippen LogP contribution in [0.3, 0.4) is 0 Å². The van der Waals surface area contributed by atoms with E-state index in [9.17, 15) is 14.0 Å². The molecular weight excluding hydrogens is 453 g/mol. The summed E-state index contributed by atoms with van der Waals surface area (Å²) in [7, 11) is 0. The van der Waals surface area contributed by atoms with Crippen LogP contribution in [0.2, 0.25) is 5.02 Å². The van der Waals surface area contributed by atoms with Crippen LogP contribution in [0.25, 0.3) is 16.7 Å². The first-order chi connectivity index (χ1) is 15.3. The normalized spacial score (nSPS) is 11.5. The topological polar surface area (TPSA) is 81.3 Å². The summed E-state index contributed by atoms with van der Waals surface area (Å²) in [6.45, 7) is 4.71. The first kappa shape index (κ1) is 22.3. The van der Waals surface area contributed by atoms with Crippen molar-refractivity contribution in [3.8, 4) is 0 Å². The highest BCUT2D eigenvalue weighted by atomic mass is 35.5. The maximum absolute atomic E-state index is 14.0. The Morgan fingerprint density at radius 2 is 2.00 bits per heavy atom. The third-order valence-corrected chi connectivity index (χ3v) is 6.11. The molecule has 2 heterocycles. The molecule has 1 N–H and O–H groups in total. The van der Waals surface area contributed by atoms with Gasteiger partial charge in [0.05, 0.1) is 22.3 Å². The number of thioether (sulfide) groups is 1. The van der Waals surface area contributed by atoms with Gasteiger partial charge < -0.3 is 5.32 Å². The molecule has 0 aliphatic rings. The molecule has 4 rings (SSSR count). The Labute approximate surface area is 192 Å². The van der Waals surface area contributed by atoms with Crippen molar-refractivity contribution in [3.05, 3.63) is 63.7 Å². The summed E-state index contributed by atoms with van der Waals surface area (Å²) < 4.78 is 17.4. The second-order valence-corrected chi connectivity index (χ2v) is 9.11. The quantitative estimate of drug-likeness (QED) is 0.396. The summed E-state index contributed by atoms with van der Waals surface area (Å²) in [6, 6.07) is 11.3. The highest BCUT2D eigenvalue weighted by molar-refractivity contribution is 7.99. The molecule has 4 aromatic rings. The number of nitrogens with one attached hydrogen (secondary N) is 1. The summed E-state index contributed by atoms with van der Waals surface area (Å²) in [5.41, 5.74) is 0.609. The Morgan fingerprint density at radius 1 is 1.22 bits per heavy atom. The second kappa shape index (κ2) is 9.30. The largest absolute Gasteiger partial charge is 0.323 e. The standard InChI is InChI=1S/C22H21ClFN5O2S/c1-13(2)9-10-28-20(31)15-5-3-4-6-18(15)29-21(28)26-27-22(29)32-12-19(30)25-17-8-7-14(23)11-16(17)24/h3-8,11,13H,9-10,12H2,1-2H3,(H,25,30). The lowest BCUT2D eigenvalue weighted by atomic mass is 10.1. The lowest BCUT2D eigenvalue weighted by Crippen LogP contribution is -2.24. The third-order valence-electron chi connectivity index (χ3n) is 4.95. The number of nitrogens with zero attached hydrogens (tertiary/aromatic N) is 4. The van der Waals surface area contributed by atoms with E-state index in [-0.39, 0.29) is 22.0 Å². The molecule has 0 bridgehead atoms. The number of hydrogen-bond acceptors (Lipinski definition) is 5. The van der Waals surface area contributed by atoms with Gasteiger partial charge >= 0.3 is 0 Å². The van der Waals surface area contributed by atoms with Gasteiger partial charge in [-0.05, 0) is 42.7 Å². The molecule has 7 nitrogen and oxygen atoms in total. The number of benzene rings is 2. The third kappa shape index (κ3) is 4.49. The average Bonchev–Trinajstić information content (AvgIpc) is 3.18. The number of carbonyl (C=O) groups excluding carboxylic acids is 1. The molecule has 32 heavy (non-hydrogen) atoms. The van der Waals surface area contributed by atoms with Gasteiger partial charge in [-0.2, -0.15) is 0 Å². The van der Waals surface area contributed by atoms with Gasteiger partial charge in [-0.3, -0.25) is 18.6 Å². The van der Waals surface area contributed by atoms with Crippen LogP contribution in [-0.4, -0.2) is 30.8 Å². The molecule has 0 saturated carbocycles. The molecule has 0 unspecified atom stereocenters. The fourth-order valence-corrected chi connectivity index (χ4v) is 4.22. The van der Waals surface area contributed by atoms with Gasteiger partial charge in [0.15, 0.2) is 5.16 Å². The van der Waals surface area contributed by atoms with E-state index in [4.69, 9.17) is 11.6 Å². The SMILES string of the molecule is CC(C)CCn1c(=O)c2ccccc2n2c(SCC(=O)Nc3ccc(Cl)cc3F)nnc12. The summed E-state index contributed by atoms with van der Waals surface area (Å²) in [4.78, 5) is 25.5. The summed E-state index contributed by atoms with van der Waals surface area (Å²) in [5, 5.41) is 12.3. The van der Waals surface area contributed by atoms with E-state index in [2.05, 4.69) is 29.4 Å². The molecular formula is C22H21ClFN5O2S. The highest BCUT2D eigenvalue weighted by Crippen LogP contribution is 2.23. The Hall–Kier alpha value is -2.91. The Bertz CT molecular complexity index is 1370. The van der Waals surface area contributed by atoms with Crippen LogP contribution in [0.5, 0.6) is 0 Å². The number of amides is 1. The Morgan fingerprint density at radius 3 is 2.75 bits per heavy atom. The van der Waals surface area contributed by atoms with E-state index in [1.807, 2.05) is 18.2 Å². The van der Waals surface area contributed by atoms with Crippen molar-refractivity contribution in [3.63, 3.8) is 0 Å². The number of fused-ring (bicyclic) bond motifs is 3. The molecule has 0 fully saturated rings. The smallest absolute Gasteiger partial charge is 0.262 e. The predicted molar refractivity (Wildman–Crippen MR) is 125 cm³/mol. The van der Waals surface area contributed by atoms with Crippen molar-refractivity contribution in [2.75, 3.05) is 11.1 Å². The minimum absolute atomic E-state index is 0.0116. The summed E-state index contributed by atoms with van der Waals surface area (Å²) in [6.07, 6.45) is 0.818. The van der Waals surface area contributed by atoms with Gasteiger partial charge in [-0.15, -0.1) is 10.2 Å². The number of aryl methyl sites for hydroxylation is 1. The Kier molecular flexibility index (Phi) is 6.48. The van der Waals surface area contributed by atoms with Gasteiger partial charge in [0.1, 0.15) is 5.82 Å². The zero-order valence-electron chi connectivity index (χ0n) is 17.5. The number of halogens is 2. The van der Waals surface area contributed by atoms with Crippen LogP contribution < -0.4 is 10.9 Å². The number of hydrogen-bond donors (Lipinski definition) is 1. The number of carbonyl (C=O) groups is 1. The van der Waals surface area contributed by atoms with Gasteiger partial charge in [0, 0.05) is 11.6 Å². The zero-order chi connectivity index (χ0) is 22.8. The highest BCUT2D eigenvalue weighted by Gasteiger charge is 2.18. The van der Waals surface area contributed by atoms with E-state index in [1.165, 1.54) is 12.1 Å². The predicted octanol–water partition coefficient (Wildman–Crippen LogP) is 4.61. The van der Waals surface area contributed by atoms with Crippen molar-refractivity contribution in [2.45, 2.75) is 32.0 Å². The molecule has 0 spiro atoms. The first-order valence-electron chi connectivity index (χ1n) is 10.1. The molecule has 2 aromatic carbocycles. The molecule has 0 atom stereocenters. The van der Waals surface area contributed by atoms with Crippen molar-refractivity contribution in [1.82, 2.24) is 19.2 Å². The average molecular weight is 474 g/mol. The summed E-state index contributed by atoms with van der Waals surface area (Å²) >= 11 is 6.91. The van der Waals surface area contributed by atoms with Crippen molar-refractivity contribution < 1.29 is 9.18 Å². The number of anilines is 1. The lowest BCUT2D eigenvalue weighted by molar-refractivity contribution is -0.113. The van der Waals surface area contributed by atoms with Crippen LogP contribution >= 0.6 is 23.4 Å². The number of aromatic nitrogens is 4. The molecule has 2 aromatic heterocycles. The maximum atomic E-state index is 14.0. The van der Waals surface area contributed by atoms with Gasteiger partial charge in [-0.1, -0.05) is 49.3 Å². The van der Waals surface area contributed by atoms with Crippen LogP contribution in [-0.2, 0) is 11.3 Å². The van der Waals surface area contributed by atoms with Gasteiger partial charge in [0.25, 0.3) is 5.56 Å². The van der Waals surface area contributed by atoms with Crippen LogP contribution in [0.4, 0.5) is 10.1 Å². The van der Waals surface area contributed by atoms with E-state index in [0.29, 0.717) is 34.3 Å². The van der Waals surface area contributed by atoms with Crippen molar-refractivity contribution in [2.24, 2.45) is 5.92 Å². The van der Waals surface area contributed by atoms with E-state index in [0.717, 1.165) is 24.2 Å². The van der Waals surface area contributed by atoms with E-state index >= 15 is 0 Å². The minimum atomic E-state index is -0.607. The molecule has 166 valence electrons. The van der Waals surface area contributed by atoms with Gasteiger partial charge in [-0.25, -0.2) is 4.39 Å². The van der Waals surface area contributed by atoms with Crippen LogP contribution in [0.15, 0.2) is 52.4 Å². The maximum Gasteiger partial charge on any atom is 0.262 e. The van der Waals surface area contributed by atoms with E-state index < -0.39 is 11.7 Å². The second-order valence-electron chi connectivity index (χ2n) is 7.74. The first-order valence-corrected chi connectivity index (χ1v) is 11.5. The fraction of sp³-hybridized carbons (Fsp3) is 0.273. The minimum Gasteiger partial charge on any atom is -0.323 e. The molecule has 0 aliphatic carbocycles. The molecule has 1 amide bonds. The lowest BCUT2D eigenvalue weighted by Gasteiger charge is -2.12. The van der Waals surface area contributed by atoms with Gasteiger partial charge in [0.2, 0.25) is 11.7 Å². The van der Waals surface area contributed by atoms with Crippen LogP contribution in [0.1, 0.15) is 20.3 Å². The number of para-hydroxylation sites is 1. The molecule has 0 radical (unpaired) electrons. The molecule has 10 heteroatoms. The zero-order valence-corrected chi connectivity index (χ0v) is 19.1.